The van der Waals surface area contributed by atoms with E-state index in [1.54, 1.807) is 20.8 Å². The maximum absolute atomic E-state index is 11.8. The van der Waals surface area contributed by atoms with Gasteiger partial charge in [0.25, 0.3) is 0 Å². The van der Waals surface area contributed by atoms with Gasteiger partial charge in [-0.2, -0.15) is 0 Å². The van der Waals surface area contributed by atoms with E-state index in [1.165, 1.54) is 11.0 Å². The van der Waals surface area contributed by atoms with Gasteiger partial charge in [0, 0.05) is 6.54 Å². The van der Waals surface area contributed by atoms with E-state index >= 15 is 0 Å². The Labute approximate surface area is 112 Å². The summed E-state index contributed by atoms with van der Waals surface area (Å²) in [5.41, 5.74) is -0.637. The van der Waals surface area contributed by atoms with Crippen LogP contribution in [0, 0.1) is 5.92 Å². The van der Waals surface area contributed by atoms with E-state index < -0.39 is 23.6 Å². The Kier molecular flexibility index (Phi) is 4.69. The fourth-order valence-electron chi connectivity index (χ4n) is 1.60. The van der Waals surface area contributed by atoms with Crippen LogP contribution < -0.4 is 0 Å². The molecule has 0 spiro atoms. The number of esters is 1. The topological polar surface area (TPSA) is 72.9 Å². The molecule has 6 heteroatoms. The molecule has 1 fully saturated rings. The molecule has 0 N–H and O–H groups in total. The molecular formula is C13H19NO5. The van der Waals surface area contributed by atoms with Crippen molar-refractivity contribution >= 4 is 17.8 Å². The molecule has 1 saturated heterocycles. The predicted octanol–water partition coefficient (Wildman–Crippen LogP) is 1.15. The molecule has 0 bridgehead atoms. The lowest BCUT2D eigenvalue weighted by atomic mass is 10.1. The molecule has 1 atom stereocenters. The number of likely N-dealkylation sites (tertiary alicyclic amines) is 1. The first-order valence-electron chi connectivity index (χ1n) is 6.03. The molecular weight excluding hydrogens is 250 g/mol. The summed E-state index contributed by atoms with van der Waals surface area (Å²) in [5, 5.41) is 0. The highest BCUT2D eigenvalue weighted by molar-refractivity contribution is 6.03. The normalized spacial score (nSPS) is 19.2. The highest BCUT2D eigenvalue weighted by Gasteiger charge is 2.40. The van der Waals surface area contributed by atoms with E-state index in [2.05, 4.69) is 6.58 Å². The van der Waals surface area contributed by atoms with Crippen molar-refractivity contribution in [1.82, 2.24) is 4.90 Å². The van der Waals surface area contributed by atoms with Gasteiger partial charge >= 0.3 is 12.1 Å². The molecule has 1 heterocycles. The molecule has 19 heavy (non-hydrogen) atoms. The van der Waals surface area contributed by atoms with Gasteiger partial charge in [-0.05, 0) is 20.8 Å². The summed E-state index contributed by atoms with van der Waals surface area (Å²) in [6, 6.07) is 0. The number of ketones is 1. The molecule has 1 rings (SSSR count). The van der Waals surface area contributed by atoms with Crippen molar-refractivity contribution in [2.75, 3.05) is 19.7 Å². The lowest BCUT2D eigenvalue weighted by Crippen LogP contribution is -2.36. The number of hydrogen-bond donors (Lipinski definition) is 0. The first-order chi connectivity index (χ1) is 8.74. The standard InChI is InChI=1S/C13H19NO5/c1-5-6-18-11(16)9-7-14(8-10(9)15)12(17)19-13(2,3)4/h5,9H,1,6-8H2,2-4H3. The first kappa shape index (κ1) is 15.2. The van der Waals surface area contributed by atoms with E-state index in [-0.39, 0.29) is 25.5 Å². The molecule has 1 aliphatic rings. The minimum atomic E-state index is -0.924. The van der Waals surface area contributed by atoms with Crippen LogP contribution in [-0.4, -0.2) is 48.0 Å². The minimum Gasteiger partial charge on any atom is -0.461 e. The maximum atomic E-state index is 11.8. The number of rotatable bonds is 3. The summed E-state index contributed by atoms with van der Waals surface area (Å²) in [6.45, 7) is 8.55. The zero-order valence-electron chi connectivity index (χ0n) is 11.5. The molecule has 0 aromatic heterocycles. The molecule has 1 aliphatic heterocycles. The van der Waals surface area contributed by atoms with Crippen LogP contribution in [0.4, 0.5) is 4.79 Å². The van der Waals surface area contributed by atoms with Crippen LogP contribution >= 0.6 is 0 Å². The van der Waals surface area contributed by atoms with Gasteiger partial charge in [0.15, 0.2) is 5.78 Å². The third-order valence-corrected chi connectivity index (χ3v) is 2.42. The van der Waals surface area contributed by atoms with Crippen LogP contribution in [0.5, 0.6) is 0 Å². The Morgan fingerprint density at radius 1 is 1.47 bits per heavy atom. The van der Waals surface area contributed by atoms with Crippen molar-refractivity contribution in [3.05, 3.63) is 12.7 Å². The SMILES string of the molecule is C=CCOC(=O)C1CN(C(=O)OC(C)(C)C)CC1=O. The fraction of sp³-hybridized carbons (Fsp3) is 0.615. The molecule has 6 nitrogen and oxygen atoms in total. The van der Waals surface area contributed by atoms with Gasteiger partial charge in [-0.1, -0.05) is 12.7 Å². The minimum absolute atomic E-state index is 0.00369. The second kappa shape index (κ2) is 5.86. The fourth-order valence-corrected chi connectivity index (χ4v) is 1.60. The van der Waals surface area contributed by atoms with Crippen molar-refractivity contribution < 1.29 is 23.9 Å². The van der Waals surface area contributed by atoms with Gasteiger partial charge in [0.1, 0.15) is 18.1 Å². The first-order valence-corrected chi connectivity index (χ1v) is 6.03. The van der Waals surface area contributed by atoms with Gasteiger partial charge in [-0.15, -0.1) is 0 Å². The number of amides is 1. The quantitative estimate of drug-likeness (QED) is 0.436. The number of carbonyl (C=O) groups is 3. The number of ether oxygens (including phenoxy) is 2. The van der Waals surface area contributed by atoms with Crippen LogP contribution in [0.15, 0.2) is 12.7 Å². The lowest BCUT2D eigenvalue weighted by Gasteiger charge is -2.23. The second-order valence-electron chi connectivity index (χ2n) is 5.30. The molecule has 0 aromatic carbocycles. The highest BCUT2D eigenvalue weighted by atomic mass is 16.6. The third-order valence-electron chi connectivity index (χ3n) is 2.42. The third kappa shape index (κ3) is 4.39. The number of hydrogen-bond acceptors (Lipinski definition) is 5. The van der Waals surface area contributed by atoms with Gasteiger partial charge < -0.3 is 9.47 Å². The maximum Gasteiger partial charge on any atom is 0.410 e. The largest absolute Gasteiger partial charge is 0.461 e. The molecule has 1 amide bonds. The van der Waals surface area contributed by atoms with Crippen LogP contribution in [0.2, 0.25) is 0 Å². The van der Waals surface area contributed by atoms with Crippen molar-refractivity contribution in [3.63, 3.8) is 0 Å². The van der Waals surface area contributed by atoms with Crippen LogP contribution in [0.1, 0.15) is 20.8 Å². The zero-order valence-corrected chi connectivity index (χ0v) is 11.5. The van der Waals surface area contributed by atoms with Crippen molar-refractivity contribution in [1.29, 1.82) is 0 Å². The monoisotopic (exact) mass is 269 g/mol. The van der Waals surface area contributed by atoms with Crippen molar-refractivity contribution in [2.24, 2.45) is 5.92 Å². The molecule has 0 saturated carbocycles. The Bertz CT molecular complexity index is 396. The van der Waals surface area contributed by atoms with E-state index in [4.69, 9.17) is 9.47 Å². The van der Waals surface area contributed by atoms with E-state index in [0.29, 0.717) is 0 Å². The van der Waals surface area contributed by atoms with Gasteiger partial charge in [0.2, 0.25) is 0 Å². The summed E-state index contributed by atoms with van der Waals surface area (Å²) in [7, 11) is 0. The lowest BCUT2D eigenvalue weighted by molar-refractivity contribution is -0.149. The summed E-state index contributed by atoms with van der Waals surface area (Å²) in [6.07, 6.45) is 0.822. The molecule has 106 valence electrons. The van der Waals surface area contributed by atoms with Crippen molar-refractivity contribution in [3.8, 4) is 0 Å². The van der Waals surface area contributed by atoms with Gasteiger partial charge in [0.05, 0.1) is 6.54 Å². The summed E-state index contributed by atoms with van der Waals surface area (Å²) >= 11 is 0. The van der Waals surface area contributed by atoms with E-state index in [1.807, 2.05) is 0 Å². The number of nitrogens with zero attached hydrogens (tertiary/aromatic N) is 1. The average molecular weight is 269 g/mol. The van der Waals surface area contributed by atoms with E-state index in [0.717, 1.165) is 0 Å². The van der Waals surface area contributed by atoms with Crippen LogP contribution in [0.3, 0.4) is 0 Å². The highest BCUT2D eigenvalue weighted by Crippen LogP contribution is 2.18. The Balaban J connectivity index is 2.59. The smallest absolute Gasteiger partial charge is 0.410 e. The molecule has 1 unspecified atom stereocenters. The van der Waals surface area contributed by atoms with Crippen LogP contribution in [0.25, 0.3) is 0 Å². The van der Waals surface area contributed by atoms with Gasteiger partial charge in [-0.3, -0.25) is 14.5 Å². The summed E-state index contributed by atoms with van der Waals surface area (Å²) in [4.78, 5) is 36.3. The average Bonchev–Trinajstić information content (AvgIpc) is 2.66. The molecule has 0 aliphatic carbocycles. The Hall–Kier alpha value is -1.85. The number of Topliss-reactive ketones (excluding diaryl/α,β-unsaturated/α-hetero) is 1. The molecule has 0 aromatic rings. The number of carbonyl (C=O) groups excluding carboxylic acids is 3. The van der Waals surface area contributed by atoms with E-state index in [9.17, 15) is 14.4 Å². The van der Waals surface area contributed by atoms with Crippen molar-refractivity contribution in [2.45, 2.75) is 26.4 Å². The Morgan fingerprint density at radius 3 is 2.63 bits per heavy atom. The summed E-state index contributed by atoms with van der Waals surface area (Å²) in [5.74, 6) is -1.89. The zero-order chi connectivity index (χ0) is 14.6. The predicted molar refractivity (Wildman–Crippen MR) is 67.5 cm³/mol. The second-order valence-corrected chi connectivity index (χ2v) is 5.30. The molecule has 0 radical (unpaired) electrons. The van der Waals surface area contributed by atoms with Crippen LogP contribution in [-0.2, 0) is 19.1 Å². The Morgan fingerprint density at radius 2 is 2.11 bits per heavy atom. The van der Waals surface area contributed by atoms with Gasteiger partial charge in [-0.25, -0.2) is 4.79 Å². The summed E-state index contributed by atoms with van der Waals surface area (Å²) < 4.78 is 9.96.